The molecule has 0 aliphatic heterocycles. The molecule has 4 nitrogen and oxygen atoms in total. The number of carbonyl (C=O) groups excluding carboxylic acids is 2. The molecule has 0 saturated heterocycles. The minimum absolute atomic E-state index is 0.202. The van der Waals surface area contributed by atoms with Crippen molar-refractivity contribution in [3.8, 4) is 0 Å². The molecule has 0 radical (unpaired) electrons. The molecule has 1 N–H and O–H groups in total. The van der Waals surface area contributed by atoms with Crippen LogP contribution in [0, 0.1) is 11.8 Å². The second-order valence-corrected chi connectivity index (χ2v) is 5.36. The van der Waals surface area contributed by atoms with Gasteiger partial charge in [-0.3, -0.25) is 4.79 Å². The molecule has 1 saturated carbocycles. The van der Waals surface area contributed by atoms with Crippen LogP contribution < -0.4 is 10.4 Å². The van der Waals surface area contributed by atoms with Crippen LogP contribution in [0.1, 0.15) is 38.2 Å². The average Bonchev–Trinajstić information content (AvgIpc) is 2.47. The lowest BCUT2D eigenvalue weighted by molar-refractivity contribution is -0.313. The zero-order chi connectivity index (χ0) is 14.5. The third kappa shape index (κ3) is 3.38. The van der Waals surface area contributed by atoms with Crippen molar-refractivity contribution in [3.05, 3.63) is 29.8 Å². The first-order valence-electron chi connectivity index (χ1n) is 7.22. The summed E-state index contributed by atoms with van der Waals surface area (Å²) >= 11 is 0. The predicted octanol–water partition coefficient (Wildman–Crippen LogP) is 1.74. The van der Waals surface area contributed by atoms with Crippen LogP contribution in [-0.4, -0.2) is 11.9 Å². The van der Waals surface area contributed by atoms with Crippen molar-refractivity contribution >= 4 is 17.6 Å². The maximum absolute atomic E-state index is 12.3. The lowest BCUT2D eigenvalue weighted by Gasteiger charge is -2.31. The monoisotopic (exact) mass is 274 g/mol. The Balaban J connectivity index is 2.07. The second-order valence-electron chi connectivity index (χ2n) is 5.36. The molecule has 2 unspecified atom stereocenters. The summed E-state index contributed by atoms with van der Waals surface area (Å²) in [6.45, 7) is 2.05. The number of carboxylic acid groups (broad SMARTS) is 1. The van der Waals surface area contributed by atoms with Crippen molar-refractivity contribution in [2.45, 2.75) is 39.0 Å². The summed E-state index contributed by atoms with van der Waals surface area (Å²) in [6, 6.07) is 7.65. The molecule has 2 rings (SSSR count). The van der Waals surface area contributed by atoms with Gasteiger partial charge in [-0.2, -0.15) is 0 Å². The van der Waals surface area contributed by atoms with E-state index in [4.69, 9.17) is 0 Å². The highest BCUT2D eigenvalue weighted by atomic mass is 16.4. The topological polar surface area (TPSA) is 69.2 Å². The number of hydrogen-bond donors (Lipinski definition) is 1. The number of nitrogens with one attached hydrogen (secondary N) is 1. The van der Waals surface area contributed by atoms with Crippen molar-refractivity contribution < 1.29 is 14.7 Å². The van der Waals surface area contributed by atoms with E-state index in [1.807, 2.05) is 31.2 Å². The Bertz CT molecular complexity index is 498. The maximum Gasteiger partial charge on any atom is 0.228 e. The fourth-order valence-electron chi connectivity index (χ4n) is 2.83. The highest BCUT2D eigenvalue weighted by Gasteiger charge is 2.31. The second kappa shape index (κ2) is 6.55. The lowest BCUT2D eigenvalue weighted by atomic mass is 9.78. The predicted molar refractivity (Wildman–Crippen MR) is 74.9 cm³/mol. The van der Waals surface area contributed by atoms with Gasteiger partial charge in [-0.25, -0.2) is 0 Å². The van der Waals surface area contributed by atoms with Crippen LogP contribution in [0.5, 0.6) is 0 Å². The molecule has 2 atom stereocenters. The number of aryl methyl sites for hydroxylation is 1. The third-order valence-corrected chi connectivity index (χ3v) is 4.01. The van der Waals surface area contributed by atoms with Crippen LogP contribution in [0.2, 0.25) is 0 Å². The van der Waals surface area contributed by atoms with E-state index in [0.717, 1.165) is 30.5 Å². The minimum atomic E-state index is -1.10. The Morgan fingerprint density at radius 1 is 1.25 bits per heavy atom. The van der Waals surface area contributed by atoms with Crippen LogP contribution >= 0.6 is 0 Å². The van der Waals surface area contributed by atoms with E-state index < -0.39 is 17.8 Å². The number of anilines is 1. The van der Waals surface area contributed by atoms with Crippen LogP contribution in [0.4, 0.5) is 5.69 Å². The third-order valence-electron chi connectivity index (χ3n) is 4.01. The molecule has 1 aromatic rings. The summed E-state index contributed by atoms with van der Waals surface area (Å²) in [5, 5.41) is 14.0. The van der Waals surface area contributed by atoms with Crippen molar-refractivity contribution in [2.24, 2.45) is 11.8 Å². The van der Waals surface area contributed by atoms with Gasteiger partial charge >= 0.3 is 0 Å². The molecule has 1 aliphatic rings. The van der Waals surface area contributed by atoms with Gasteiger partial charge in [0.05, 0.1) is 0 Å². The highest BCUT2D eigenvalue weighted by molar-refractivity contribution is 5.95. The Morgan fingerprint density at radius 3 is 2.60 bits per heavy atom. The molecule has 1 aliphatic carbocycles. The lowest BCUT2D eigenvalue weighted by Crippen LogP contribution is -2.42. The molecule has 0 bridgehead atoms. The van der Waals surface area contributed by atoms with Gasteiger partial charge in [0.2, 0.25) is 5.91 Å². The molecule has 20 heavy (non-hydrogen) atoms. The summed E-state index contributed by atoms with van der Waals surface area (Å²) in [5.74, 6) is -2.43. The standard InChI is InChI=1S/C16H21NO3/c1-2-11-6-5-7-12(10-11)17-15(18)13-8-3-4-9-14(13)16(19)20/h5-7,10,13-14H,2-4,8-9H2,1H3,(H,17,18)(H,19,20)/p-1. The smallest absolute Gasteiger partial charge is 0.228 e. The van der Waals surface area contributed by atoms with Gasteiger partial charge < -0.3 is 15.2 Å². The quantitative estimate of drug-likeness (QED) is 0.909. The van der Waals surface area contributed by atoms with E-state index in [1.54, 1.807) is 0 Å². The van der Waals surface area contributed by atoms with Gasteiger partial charge in [0.15, 0.2) is 0 Å². The summed E-state index contributed by atoms with van der Waals surface area (Å²) in [4.78, 5) is 23.4. The maximum atomic E-state index is 12.3. The number of benzene rings is 1. The van der Waals surface area contributed by atoms with Crippen LogP contribution in [-0.2, 0) is 16.0 Å². The number of hydrogen-bond acceptors (Lipinski definition) is 3. The highest BCUT2D eigenvalue weighted by Crippen LogP contribution is 2.30. The van der Waals surface area contributed by atoms with E-state index in [9.17, 15) is 14.7 Å². The molecule has 4 heteroatoms. The summed E-state index contributed by atoms with van der Waals surface area (Å²) in [6.07, 6.45) is 3.81. The average molecular weight is 274 g/mol. The molecule has 0 aromatic heterocycles. The van der Waals surface area contributed by atoms with E-state index >= 15 is 0 Å². The van der Waals surface area contributed by atoms with E-state index in [2.05, 4.69) is 5.32 Å². The van der Waals surface area contributed by atoms with Gasteiger partial charge in [0.1, 0.15) is 0 Å². The molecule has 0 spiro atoms. The van der Waals surface area contributed by atoms with E-state index in [-0.39, 0.29) is 5.91 Å². The molecular weight excluding hydrogens is 254 g/mol. The molecule has 108 valence electrons. The number of carbonyl (C=O) groups is 2. The van der Waals surface area contributed by atoms with Gasteiger partial charge in [-0.15, -0.1) is 0 Å². The summed E-state index contributed by atoms with van der Waals surface area (Å²) in [5.41, 5.74) is 1.87. The largest absolute Gasteiger partial charge is 0.550 e. The van der Waals surface area contributed by atoms with E-state index in [1.165, 1.54) is 0 Å². The summed E-state index contributed by atoms with van der Waals surface area (Å²) < 4.78 is 0. The van der Waals surface area contributed by atoms with Crippen LogP contribution in [0.25, 0.3) is 0 Å². The first-order chi connectivity index (χ1) is 9.61. The van der Waals surface area contributed by atoms with Crippen molar-refractivity contribution in [2.75, 3.05) is 5.32 Å². The van der Waals surface area contributed by atoms with Crippen molar-refractivity contribution in [1.82, 2.24) is 0 Å². The number of carboxylic acids is 1. The molecule has 1 amide bonds. The number of rotatable bonds is 4. The minimum Gasteiger partial charge on any atom is -0.550 e. The van der Waals surface area contributed by atoms with Crippen molar-refractivity contribution in [1.29, 1.82) is 0 Å². The SMILES string of the molecule is CCc1cccc(NC(=O)C2CCCCC2C(=O)[O-])c1. The van der Waals surface area contributed by atoms with Gasteiger partial charge in [-0.05, 0) is 37.0 Å². The van der Waals surface area contributed by atoms with E-state index in [0.29, 0.717) is 12.8 Å². The zero-order valence-electron chi connectivity index (χ0n) is 11.7. The number of amides is 1. The fourth-order valence-corrected chi connectivity index (χ4v) is 2.83. The Morgan fingerprint density at radius 2 is 1.95 bits per heavy atom. The number of aliphatic carboxylic acids is 1. The Kier molecular flexibility index (Phi) is 4.77. The zero-order valence-corrected chi connectivity index (χ0v) is 11.7. The normalized spacial score (nSPS) is 22.2. The first-order valence-corrected chi connectivity index (χ1v) is 7.22. The molecule has 0 heterocycles. The molecular formula is C16H20NO3-. The van der Waals surface area contributed by atoms with Crippen LogP contribution in [0.15, 0.2) is 24.3 Å². The van der Waals surface area contributed by atoms with Gasteiger partial charge in [0, 0.05) is 23.5 Å². The fraction of sp³-hybridized carbons (Fsp3) is 0.500. The van der Waals surface area contributed by atoms with Crippen LogP contribution in [0.3, 0.4) is 0 Å². The van der Waals surface area contributed by atoms with Gasteiger partial charge in [-0.1, -0.05) is 31.9 Å². The molecule has 1 fully saturated rings. The van der Waals surface area contributed by atoms with Crippen molar-refractivity contribution in [3.63, 3.8) is 0 Å². The first kappa shape index (κ1) is 14.6. The summed E-state index contributed by atoms with van der Waals surface area (Å²) in [7, 11) is 0. The Labute approximate surface area is 119 Å². The van der Waals surface area contributed by atoms with Gasteiger partial charge in [0.25, 0.3) is 0 Å². The molecule has 1 aromatic carbocycles. The Hall–Kier alpha value is -1.84.